The second-order valence-corrected chi connectivity index (χ2v) is 10.9. The predicted molar refractivity (Wildman–Crippen MR) is 65.5 cm³/mol. The van der Waals surface area contributed by atoms with Gasteiger partial charge in [-0.1, -0.05) is 23.2 Å². The summed E-state index contributed by atoms with van der Waals surface area (Å²) in [5, 5.41) is -0.239. The van der Waals surface area contributed by atoms with Crippen LogP contribution in [0, 0.1) is 0 Å². The maximum atomic E-state index is 11.3. The summed E-state index contributed by atoms with van der Waals surface area (Å²) in [6.45, 7) is 8.37. The van der Waals surface area contributed by atoms with Crippen molar-refractivity contribution < 1.29 is 14.1 Å². The van der Waals surface area contributed by atoms with Crippen LogP contribution in [0.4, 0.5) is 0 Å². The summed E-state index contributed by atoms with van der Waals surface area (Å²) in [6.07, 6.45) is 0. The third kappa shape index (κ3) is 6.02. The van der Waals surface area contributed by atoms with Gasteiger partial charge in [0.25, 0.3) is 0 Å². The first kappa shape index (κ1) is 14.4. The molecular weight excluding hydrogens is 239 g/mol. The van der Waals surface area contributed by atoms with Gasteiger partial charge < -0.3 is 9.26 Å². The topological polar surface area (TPSA) is 35.5 Å². The Morgan fingerprint density at radius 3 is 2.50 bits per heavy atom. The first-order valence-electron chi connectivity index (χ1n) is 4.50. The quantitative estimate of drug-likeness (QED) is 0.539. The Morgan fingerprint density at radius 1 is 1.50 bits per heavy atom. The summed E-state index contributed by atoms with van der Waals surface area (Å²) in [5.41, 5.74) is -1.88. The molecule has 0 aliphatic heterocycles. The van der Waals surface area contributed by atoms with Gasteiger partial charge in [0.05, 0.1) is 6.61 Å². The van der Waals surface area contributed by atoms with Crippen LogP contribution in [0.25, 0.3) is 0 Å². The van der Waals surface area contributed by atoms with Crippen molar-refractivity contribution in [3.63, 3.8) is 0 Å². The standard InChI is InChI=1S/C8H17O3PS2/c1-5-10-8(9)7(3)14-12(4,13)11-6-2/h7H,5-6H2,1-4H3. The van der Waals surface area contributed by atoms with Gasteiger partial charge in [-0.05, 0) is 27.4 Å². The average Bonchev–Trinajstić information content (AvgIpc) is 2.03. The molecule has 0 aliphatic rings. The highest BCUT2D eigenvalue weighted by molar-refractivity contribution is 8.69. The number of hydrogen-bond donors (Lipinski definition) is 0. The molecule has 0 bridgehead atoms. The fraction of sp³-hybridized carbons (Fsp3) is 0.875. The van der Waals surface area contributed by atoms with Crippen LogP contribution in [0.15, 0.2) is 0 Å². The Bertz CT molecular complexity index is 233. The van der Waals surface area contributed by atoms with Gasteiger partial charge in [0, 0.05) is 6.61 Å². The van der Waals surface area contributed by atoms with Crippen LogP contribution in [0.2, 0.25) is 0 Å². The maximum absolute atomic E-state index is 11.3. The van der Waals surface area contributed by atoms with Crippen molar-refractivity contribution in [2.45, 2.75) is 26.0 Å². The van der Waals surface area contributed by atoms with Crippen molar-refractivity contribution in [2.75, 3.05) is 19.9 Å². The second kappa shape index (κ2) is 6.83. The number of esters is 1. The predicted octanol–water partition coefficient (Wildman–Crippen LogP) is 2.65. The summed E-state index contributed by atoms with van der Waals surface area (Å²) < 4.78 is 10.3. The van der Waals surface area contributed by atoms with Crippen LogP contribution in [-0.2, 0) is 25.9 Å². The Kier molecular flexibility index (Phi) is 7.04. The normalized spacial score (nSPS) is 17.1. The van der Waals surface area contributed by atoms with Gasteiger partial charge in [-0.2, -0.15) is 0 Å². The number of carbonyl (C=O) groups excluding carboxylic acids is 1. The molecule has 0 saturated heterocycles. The number of hydrogen-bond acceptors (Lipinski definition) is 5. The smallest absolute Gasteiger partial charge is 0.319 e. The second-order valence-electron chi connectivity index (χ2n) is 2.69. The van der Waals surface area contributed by atoms with E-state index in [1.165, 1.54) is 11.4 Å². The van der Waals surface area contributed by atoms with Crippen LogP contribution in [0.3, 0.4) is 0 Å². The van der Waals surface area contributed by atoms with Crippen molar-refractivity contribution in [1.29, 1.82) is 0 Å². The molecule has 3 nitrogen and oxygen atoms in total. The van der Waals surface area contributed by atoms with Crippen molar-refractivity contribution in [2.24, 2.45) is 0 Å². The van der Waals surface area contributed by atoms with Gasteiger partial charge in [0.2, 0.25) is 0 Å². The lowest BCUT2D eigenvalue weighted by atomic mass is 10.5. The van der Waals surface area contributed by atoms with E-state index in [4.69, 9.17) is 21.1 Å². The molecule has 0 radical (unpaired) electrons. The van der Waals surface area contributed by atoms with Gasteiger partial charge >= 0.3 is 5.97 Å². The van der Waals surface area contributed by atoms with Gasteiger partial charge in [-0.25, -0.2) is 0 Å². The molecule has 0 spiro atoms. The van der Waals surface area contributed by atoms with Crippen LogP contribution in [0.5, 0.6) is 0 Å². The van der Waals surface area contributed by atoms with E-state index in [2.05, 4.69) is 0 Å². The fourth-order valence-electron chi connectivity index (χ4n) is 0.855. The molecule has 0 rings (SSSR count). The largest absolute Gasteiger partial charge is 0.465 e. The molecule has 0 aromatic carbocycles. The van der Waals surface area contributed by atoms with Crippen molar-refractivity contribution in [1.82, 2.24) is 0 Å². The molecular formula is C8H17O3PS2. The van der Waals surface area contributed by atoms with E-state index in [1.54, 1.807) is 13.8 Å². The van der Waals surface area contributed by atoms with Gasteiger partial charge in [0.1, 0.15) is 10.7 Å². The average molecular weight is 256 g/mol. The lowest BCUT2D eigenvalue weighted by molar-refractivity contribution is -0.142. The summed E-state index contributed by atoms with van der Waals surface area (Å²) >= 11 is 6.67. The molecule has 0 fully saturated rings. The van der Waals surface area contributed by atoms with E-state index in [9.17, 15) is 4.79 Å². The molecule has 0 N–H and O–H groups in total. The van der Waals surface area contributed by atoms with E-state index in [-0.39, 0.29) is 11.2 Å². The third-order valence-corrected chi connectivity index (χ3v) is 6.46. The molecule has 0 aliphatic carbocycles. The summed E-state index contributed by atoms with van der Waals surface area (Å²) in [6, 6.07) is 0. The maximum Gasteiger partial charge on any atom is 0.319 e. The van der Waals surface area contributed by atoms with Crippen molar-refractivity contribution >= 4 is 34.6 Å². The Labute approximate surface area is 94.8 Å². The molecule has 2 atom stereocenters. The van der Waals surface area contributed by atoms with Crippen molar-refractivity contribution in [3.8, 4) is 0 Å². The molecule has 2 unspecified atom stereocenters. The molecule has 0 saturated carbocycles. The highest BCUT2D eigenvalue weighted by Crippen LogP contribution is 2.58. The van der Waals surface area contributed by atoms with Crippen LogP contribution in [0.1, 0.15) is 20.8 Å². The van der Waals surface area contributed by atoms with Gasteiger partial charge in [-0.3, -0.25) is 4.79 Å². The summed E-state index contributed by atoms with van der Waals surface area (Å²) in [5.74, 6) is -0.215. The highest BCUT2D eigenvalue weighted by atomic mass is 32.9. The van der Waals surface area contributed by atoms with E-state index in [0.29, 0.717) is 13.2 Å². The van der Waals surface area contributed by atoms with E-state index in [0.717, 1.165) is 0 Å². The van der Waals surface area contributed by atoms with E-state index < -0.39 is 5.47 Å². The third-order valence-electron chi connectivity index (χ3n) is 1.33. The van der Waals surface area contributed by atoms with Crippen LogP contribution >= 0.6 is 16.8 Å². The minimum atomic E-state index is -1.88. The highest BCUT2D eigenvalue weighted by Gasteiger charge is 2.22. The summed E-state index contributed by atoms with van der Waals surface area (Å²) in [4.78, 5) is 11.3. The van der Waals surface area contributed by atoms with E-state index in [1.807, 2.05) is 13.6 Å². The van der Waals surface area contributed by atoms with Crippen molar-refractivity contribution in [3.05, 3.63) is 0 Å². The number of carbonyl (C=O) groups is 1. The van der Waals surface area contributed by atoms with Crippen LogP contribution < -0.4 is 0 Å². The Morgan fingerprint density at radius 2 is 2.07 bits per heavy atom. The fourth-order valence-corrected chi connectivity index (χ4v) is 6.07. The molecule has 14 heavy (non-hydrogen) atoms. The lowest BCUT2D eigenvalue weighted by Crippen LogP contribution is -2.16. The van der Waals surface area contributed by atoms with Gasteiger partial charge in [-0.15, -0.1) is 0 Å². The molecule has 0 aromatic heterocycles. The molecule has 0 amide bonds. The van der Waals surface area contributed by atoms with E-state index >= 15 is 0 Å². The zero-order chi connectivity index (χ0) is 11.2. The molecule has 84 valence electrons. The Hall–Kier alpha value is 0.430. The lowest BCUT2D eigenvalue weighted by Gasteiger charge is -2.19. The molecule has 6 heteroatoms. The minimum Gasteiger partial charge on any atom is -0.465 e. The van der Waals surface area contributed by atoms with Crippen LogP contribution in [-0.4, -0.2) is 31.1 Å². The zero-order valence-corrected chi connectivity index (χ0v) is 11.5. The zero-order valence-electron chi connectivity index (χ0n) is 8.98. The SMILES string of the molecule is CCOC(=O)C(C)SP(C)(=S)OCC. The summed E-state index contributed by atoms with van der Waals surface area (Å²) in [7, 11) is 0. The van der Waals surface area contributed by atoms with Gasteiger partial charge in [0.15, 0.2) is 0 Å². The molecule has 0 heterocycles. The Balaban J connectivity index is 4.10. The first-order chi connectivity index (χ1) is 6.43. The monoisotopic (exact) mass is 256 g/mol. The number of ether oxygens (including phenoxy) is 1. The minimum absolute atomic E-state index is 0.215. The first-order valence-corrected chi connectivity index (χ1v) is 9.15. The number of rotatable bonds is 6. The molecule has 0 aromatic rings.